The van der Waals surface area contributed by atoms with E-state index in [0.717, 1.165) is 24.5 Å². The van der Waals surface area contributed by atoms with Crippen LogP contribution in [0.1, 0.15) is 6.92 Å². The van der Waals surface area contributed by atoms with Gasteiger partial charge in [-0.3, -0.25) is 4.68 Å². The molecule has 2 rings (SSSR count). The molecule has 0 aliphatic heterocycles. The average Bonchev–Trinajstić information content (AvgIpc) is 2.82. The van der Waals surface area contributed by atoms with Crippen molar-refractivity contribution in [2.75, 3.05) is 24.2 Å². The number of rotatable bonds is 6. The van der Waals surface area contributed by atoms with Crippen LogP contribution in [0, 0.1) is 0 Å². The minimum Gasteiger partial charge on any atom is -0.494 e. The molecule has 0 aliphatic rings. The summed E-state index contributed by atoms with van der Waals surface area (Å²) < 4.78 is 7.32. The van der Waals surface area contributed by atoms with Gasteiger partial charge in [-0.25, -0.2) is 0 Å². The minimum atomic E-state index is 0.635. The van der Waals surface area contributed by atoms with Gasteiger partial charge in [0.15, 0.2) is 0 Å². The van der Waals surface area contributed by atoms with Crippen LogP contribution in [0.5, 0.6) is 5.75 Å². The Hall–Kier alpha value is -2.17. The molecular weight excluding hydrogens is 228 g/mol. The lowest BCUT2D eigenvalue weighted by Gasteiger charge is -2.10. The Balaban J connectivity index is 1.92. The molecule has 0 spiro atoms. The summed E-state index contributed by atoms with van der Waals surface area (Å²) in [4.78, 5) is 0. The van der Waals surface area contributed by atoms with Gasteiger partial charge < -0.3 is 15.8 Å². The maximum Gasteiger partial charge on any atom is 0.123 e. The zero-order chi connectivity index (χ0) is 12.8. The molecule has 1 aromatic heterocycles. The Morgan fingerprint density at radius 3 is 3.00 bits per heavy atom. The second-order valence-corrected chi connectivity index (χ2v) is 3.92. The zero-order valence-electron chi connectivity index (χ0n) is 10.5. The predicted octanol–water partition coefficient (Wildman–Crippen LogP) is 1.98. The summed E-state index contributed by atoms with van der Waals surface area (Å²) in [7, 11) is 0. The topological polar surface area (TPSA) is 65.1 Å². The second-order valence-electron chi connectivity index (χ2n) is 3.92. The first-order valence-corrected chi connectivity index (χ1v) is 6.02. The number of benzene rings is 1. The van der Waals surface area contributed by atoms with Gasteiger partial charge in [0.25, 0.3) is 0 Å². The van der Waals surface area contributed by atoms with Crippen molar-refractivity contribution < 1.29 is 4.74 Å². The van der Waals surface area contributed by atoms with Crippen molar-refractivity contribution in [2.24, 2.45) is 0 Å². The van der Waals surface area contributed by atoms with Crippen LogP contribution in [0.2, 0.25) is 0 Å². The Morgan fingerprint density at radius 2 is 2.28 bits per heavy atom. The van der Waals surface area contributed by atoms with Crippen LogP contribution in [-0.4, -0.2) is 22.9 Å². The van der Waals surface area contributed by atoms with E-state index in [9.17, 15) is 0 Å². The molecule has 0 aliphatic carbocycles. The molecule has 5 nitrogen and oxygen atoms in total. The quantitative estimate of drug-likeness (QED) is 0.765. The van der Waals surface area contributed by atoms with E-state index in [1.54, 1.807) is 6.20 Å². The number of hydrogen-bond donors (Lipinski definition) is 2. The summed E-state index contributed by atoms with van der Waals surface area (Å²) in [6.45, 7) is 4.19. The molecule has 1 aromatic carbocycles. The molecule has 0 fully saturated rings. The molecule has 2 aromatic rings. The highest BCUT2D eigenvalue weighted by Gasteiger charge is 1.99. The number of aromatic nitrogens is 2. The van der Waals surface area contributed by atoms with Crippen molar-refractivity contribution in [3.63, 3.8) is 0 Å². The third-order valence-electron chi connectivity index (χ3n) is 2.47. The van der Waals surface area contributed by atoms with E-state index < -0.39 is 0 Å². The summed E-state index contributed by atoms with van der Waals surface area (Å²) in [5, 5.41) is 7.44. The van der Waals surface area contributed by atoms with Crippen LogP contribution >= 0.6 is 0 Å². The Bertz CT molecular complexity index is 482. The molecule has 0 unspecified atom stereocenters. The highest BCUT2D eigenvalue weighted by molar-refractivity contribution is 5.59. The molecule has 5 heteroatoms. The maximum atomic E-state index is 5.82. The molecule has 18 heavy (non-hydrogen) atoms. The van der Waals surface area contributed by atoms with Gasteiger partial charge in [0.05, 0.1) is 13.2 Å². The van der Waals surface area contributed by atoms with Crippen LogP contribution in [0.15, 0.2) is 36.7 Å². The monoisotopic (exact) mass is 246 g/mol. The number of nitrogens with zero attached hydrogens (tertiary/aromatic N) is 2. The third kappa shape index (κ3) is 3.41. The van der Waals surface area contributed by atoms with Gasteiger partial charge in [-0.05, 0) is 19.1 Å². The lowest BCUT2D eigenvalue weighted by atomic mass is 10.2. The van der Waals surface area contributed by atoms with Crippen molar-refractivity contribution in [1.82, 2.24) is 9.78 Å². The van der Waals surface area contributed by atoms with Crippen molar-refractivity contribution in [2.45, 2.75) is 13.5 Å². The van der Waals surface area contributed by atoms with E-state index >= 15 is 0 Å². The second kappa shape index (κ2) is 5.95. The summed E-state index contributed by atoms with van der Waals surface area (Å²) in [6.07, 6.45) is 3.71. The largest absolute Gasteiger partial charge is 0.494 e. The van der Waals surface area contributed by atoms with E-state index in [4.69, 9.17) is 10.5 Å². The van der Waals surface area contributed by atoms with Crippen molar-refractivity contribution in [3.8, 4) is 5.75 Å². The SMILES string of the molecule is CCOc1cc(N)cc(NCCn2cccn2)c1. The van der Waals surface area contributed by atoms with Gasteiger partial charge >= 0.3 is 0 Å². The molecule has 96 valence electrons. The molecule has 0 amide bonds. The maximum absolute atomic E-state index is 5.82. The number of nitrogens with one attached hydrogen (secondary N) is 1. The predicted molar refractivity (Wildman–Crippen MR) is 72.7 cm³/mol. The van der Waals surface area contributed by atoms with Gasteiger partial charge in [0, 0.05) is 42.4 Å². The van der Waals surface area contributed by atoms with Gasteiger partial charge in [-0.2, -0.15) is 5.10 Å². The van der Waals surface area contributed by atoms with Crippen molar-refractivity contribution in [3.05, 3.63) is 36.7 Å². The van der Waals surface area contributed by atoms with Crippen LogP contribution in [-0.2, 0) is 6.54 Å². The van der Waals surface area contributed by atoms with Crippen LogP contribution in [0.25, 0.3) is 0 Å². The fourth-order valence-corrected chi connectivity index (χ4v) is 1.72. The molecule has 0 saturated carbocycles. The Kier molecular flexibility index (Phi) is 4.06. The summed E-state index contributed by atoms with van der Waals surface area (Å²) in [5.41, 5.74) is 7.48. The van der Waals surface area contributed by atoms with E-state index in [1.807, 2.05) is 42.1 Å². The third-order valence-corrected chi connectivity index (χ3v) is 2.47. The Labute approximate surface area is 107 Å². The average molecular weight is 246 g/mol. The molecule has 0 bridgehead atoms. The number of ether oxygens (including phenoxy) is 1. The van der Waals surface area contributed by atoms with Crippen LogP contribution < -0.4 is 15.8 Å². The number of anilines is 2. The molecule has 0 atom stereocenters. The Morgan fingerprint density at radius 1 is 1.39 bits per heavy atom. The fraction of sp³-hybridized carbons (Fsp3) is 0.308. The van der Waals surface area contributed by atoms with Crippen LogP contribution in [0.3, 0.4) is 0 Å². The zero-order valence-corrected chi connectivity index (χ0v) is 10.5. The number of nitrogen functional groups attached to an aromatic ring is 1. The fourth-order valence-electron chi connectivity index (χ4n) is 1.72. The smallest absolute Gasteiger partial charge is 0.123 e. The van der Waals surface area contributed by atoms with E-state index in [1.165, 1.54) is 0 Å². The van der Waals surface area contributed by atoms with E-state index in [-0.39, 0.29) is 0 Å². The standard InChI is InChI=1S/C13H18N4O/c1-2-18-13-9-11(14)8-12(10-13)15-5-7-17-6-3-4-16-17/h3-4,6,8-10,15H,2,5,7,14H2,1H3. The summed E-state index contributed by atoms with van der Waals surface area (Å²) in [5.74, 6) is 0.791. The lowest BCUT2D eigenvalue weighted by Crippen LogP contribution is -2.11. The number of hydrogen-bond acceptors (Lipinski definition) is 4. The first-order valence-electron chi connectivity index (χ1n) is 6.02. The van der Waals surface area contributed by atoms with Crippen molar-refractivity contribution >= 4 is 11.4 Å². The van der Waals surface area contributed by atoms with Crippen molar-refractivity contribution in [1.29, 1.82) is 0 Å². The number of nitrogens with two attached hydrogens (primary N) is 1. The van der Waals surface area contributed by atoms with Gasteiger partial charge in [0.2, 0.25) is 0 Å². The molecular formula is C13H18N4O. The summed E-state index contributed by atoms with van der Waals surface area (Å²) >= 11 is 0. The first-order chi connectivity index (χ1) is 8.78. The van der Waals surface area contributed by atoms with Gasteiger partial charge in [-0.15, -0.1) is 0 Å². The van der Waals surface area contributed by atoms with Crippen LogP contribution in [0.4, 0.5) is 11.4 Å². The minimum absolute atomic E-state index is 0.635. The molecule has 0 radical (unpaired) electrons. The lowest BCUT2D eigenvalue weighted by molar-refractivity contribution is 0.340. The highest BCUT2D eigenvalue weighted by Crippen LogP contribution is 2.22. The van der Waals surface area contributed by atoms with Gasteiger partial charge in [0.1, 0.15) is 5.75 Å². The van der Waals surface area contributed by atoms with E-state index in [0.29, 0.717) is 12.3 Å². The van der Waals surface area contributed by atoms with Gasteiger partial charge in [-0.1, -0.05) is 0 Å². The molecule has 3 N–H and O–H groups in total. The first kappa shape index (κ1) is 12.3. The summed E-state index contributed by atoms with van der Waals surface area (Å²) in [6, 6.07) is 7.57. The normalized spacial score (nSPS) is 10.3. The highest BCUT2D eigenvalue weighted by atomic mass is 16.5. The van der Waals surface area contributed by atoms with E-state index in [2.05, 4.69) is 10.4 Å². The molecule has 1 heterocycles. The molecule has 0 saturated heterocycles.